The van der Waals surface area contributed by atoms with Gasteiger partial charge in [-0.2, -0.15) is 0 Å². The van der Waals surface area contributed by atoms with Crippen molar-refractivity contribution in [3.8, 4) is 0 Å². The molecular formula is C52H72B2N2. The predicted octanol–water partition coefficient (Wildman–Crippen LogP) is 10.5. The topological polar surface area (TPSA) is 6.48 Å². The molecule has 0 unspecified atom stereocenters. The molecule has 0 saturated heterocycles. The van der Waals surface area contributed by atoms with Crippen LogP contribution in [-0.2, 0) is 25.7 Å². The van der Waals surface area contributed by atoms with E-state index in [1.165, 1.54) is 92.7 Å². The van der Waals surface area contributed by atoms with E-state index in [9.17, 15) is 0 Å². The molecule has 296 valence electrons. The van der Waals surface area contributed by atoms with Crippen LogP contribution in [0.5, 0.6) is 0 Å². The quantitative estimate of drug-likeness (QED) is 0.143. The van der Waals surface area contributed by atoms with Crippen LogP contribution in [0.2, 0.25) is 0 Å². The Balaban J connectivity index is 0.000000454. The number of hydrogen-bond donors (Lipinski definition) is 0. The van der Waals surface area contributed by atoms with Crippen molar-refractivity contribution in [2.75, 3.05) is 22.9 Å². The van der Waals surface area contributed by atoms with Crippen LogP contribution in [-0.4, -0.2) is 26.5 Å². The lowest BCUT2D eigenvalue weighted by Crippen LogP contribution is -2.66. The van der Waals surface area contributed by atoms with Crippen molar-refractivity contribution in [2.45, 2.75) is 135 Å². The summed E-state index contributed by atoms with van der Waals surface area (Å²) in [4.78, 5) is 5.31. The van der Waals surface area contributed by atoms with Gasteiger partial charge in [-0.3, -0.25) is 0 Å². The summed E-state index contributed by atoms with van der Waals surface area (Å²) in [5, 5.41) is 0. The largest absolute Gasteiger partial charge is 0.342 e. The lowest BCUT2D eigenvalue weighted by molar-refractivity contribution is 0.768. The summed E-state index contributed by atoms with van der Waals surface area (Å²) in [7, 11) is 0. The summed E-state index contributed by atoms with van der Waals surface area (Å²) in [6.07, 6.45) is 6.92. The Morgan fingerprint density at radius 2 is 0.732 bits per heavy atom. The lowest BCUT2D eigenvalue weighted by atomic mass is 9.28. The monoisotopic (exact) mass is 747 g/mol. The van der Waals surface area contributed by atoms with Gasteiger partial charge in [0.2, 0.25) is 13.4 Å². The predicted molar refractivity (Wildman–Crippen MR) is 257 cm³/mol. The first-order chi connectivity index (χ1) is 27.8. The van der Waals surface area contributed by atoms with E-state index in [2.05, 4.69) is 94.7 Å². The molecule has 5 aromatic rings. The van der Waals surface area contributed by atoms with E-state index >= 15 is 0 Å². The highest BCUT2D eigenvalue weighted by molar-refractivity contribution is 7.01. The second-order valence-corrected chi connectivity index (χ2v) is 13.4. The molecule has 0 aromatic heterocycles. The fraction of sp³-hybridized carbons (Fsp3) is 0.423. The van der Waals surface area contributed by atoms with Crippen molar-refractivity contribution in [3.63, 3.8) is 0 Å². The van der Waals surface area contributed by atoms with E-state index in [1.807, 2.05) is 96.9 Å². The van der Waals surface area contributed by atoms with E-state index in [0.717, 1.165) is 25.9 Å². The van der Waals surface area contributed by atoms with Crippen LogP contribution in [0.3, 0.4) is 0 Å². The van der Waals surface area contributed by atoms with Crippen molar-refractivity contribution in [3.05, 3.63) is 118 Å². The fourth-order valence-corrected chi connectivity index (χ4v) is 9.90. The molecule has 0 bridgehead atoms. The Labute approximate surface area is 344 Å². The minimum Gasteiger partial charge on any atom is -0.342 e. The van der Waals surface area contributed by atoms with E-state index in [1.54, 1.807) is 21.9 Å². The maximum absolute atomic E-state index is 2.69. The molecule has 4 heteroatoms. The van der Waals surface area contributed by atoms with E-state index < -0.39 is 0 Å². The third kappa shape index (κ3) is 7.27. The molecular weight excluding hydrogens is 674 g/mol. The third-order valence-electron chi connectivity index (χ3n) is 11.4. The van der Waals surface area contributed by atoms with Crippen molar-refractivity contribution < 1.29 is 0 Å². The van der Waals surface area contributed by atoms with Gasteiger partial charge in [-0.05, 0) is 106 Å². The van der Waals surface area contributed by atoms with E-state index in [0.29, 0.717) is 13.4 Å². The second kappa shape index (κ2) is 20.8. The molecule has 6 aliphatic heterocycles. The van der Waals surface area contributed by atoms with Crippen LogP contribution >= 0.6 is 0 Å². The summed E-state index contributed by atoms with van der Waals surface area (Å²) in [5.74, 6) is 0. The Bertz CT molecular complexity index is 1900. The van der Waals surface area contributed by atoms with Gasteiger partial charge in [0.1, 0.15) is 0 Å². The average Bonchev–Trinajstić information content (AvgIpc) is 3.30. The number of hydrogen-bond acceptors (Lipinski definition) is 2. The zero-order chi connectivity index (χ0) is 41.1. The molecule has 0 spiro atoms. The Morgan fingerprint density at radius 3 is 1.12 bits per heavy atom. The third-order valence-corrected chi connectivity index (χ3v) is 11.4. The molecule has 0 aliphatic carbocycles. The average molecular weight is 747 g/mol. The van der Waals surface area contributed by atoms with E-state index in [4.69, 9.17) is 0 Å². The van der Waals surface area contributed by atoms with Gasteiger partial charge in [-0.1, -0.05) is 181 Å². The zero-order valence-electron chi connectivity index (χ0n) is 37.8. The maximum atomic E-state index is 2.69. The van der Waals surface area contributed by atoms with Gasteiger partial charge in [-0.15, -0.1) is 0 Å². The molecule has 0 radical (unpaired) electrons. The van der Waals surface area contributed by atoms with Crippen LogP contribution in [0.25, 0.3) is 0 Å². The number of rotatable bonds is 0. The lowest BCUT2D eigenvalue weighted by Gasteiger charge is -2.45. The smallest absolute Gasteiger partial charge is 0.247 e. The summed E-state index contributed by atoms with van der Waals surface area (Å²) >= 11 is 0. The van der Waals surface area contributed by atoms with Gasteiger partial charge in [0.15, 0.2) is 0 Å². The van der Waals surface area contributed by atoms with Gasteiger partial charge >= 0.3 is 0 Å². The van der Waals surface area contributed by atoms with Crippen molar-refractivity contribution >= 4 is 69.0 Å². The number of anilines is 4. The normalized spacial score (nSPS) is 13.9. The maximum Gasteiger partial charge on any atom is 0.247 e. The molecule has 0 N–H and O–H groups in total. The molecule has 0 amide bonds. The van der Waals surface area contributed by atoms with Crippen LogP contribution in [0, 0.1) is 0 Å². The summed E-state index contributed by atoms with van der Waals surface area (Å²) in [5.41, 5.74) is 24.4. The number of benzene rings is 5. The van der Waals surface area contributed by atoms with Crippen molar-refractivity contribution in [1.82, 2.24) is 0 Å². The van der Waals surface area contributed by atoms with Crippen molar-refractivity contribution in [2.24, 2.45) is 0 Å². The molecule has 0 fully saturated rings. The fourth-order valence-electron chi connectivity index (χ4n) is 9.90. The number of nitrogens with zero attached hydrogens (tertiary/aromatic N) is 2. The van der Waals surface area contributed by atoms with Crippen LogP contribution in [0.15, 0.2) is 84.9 Å². The Hall–Kier alpha value is -4.17. The molecule has 56 heavy (non-hydrogen) atoms. The summed E-state index contributed by atoms with van der Waals surface area (Å²) in [6.45, 7) is 30.9. The number of fused-ring (bicyclic) bond motifs is 8. The van der Waals surface area contributed by atoms with Crippen molar-refractivity contribution in [1.29, 1.82) is 0 Å². The Kier molecular flexibility index (Phi) is 16.6. The van der Waals surface area contributed by atoms with Gasteiger partial charge < -0.3 is 9.80 Å². The van der Waals surface area contributed by atoms with Gasteiger partial charge in [0.05, 0.1) is 0 Å². The molecule has 11 rings (SSSR count). The summed E-state index contributed by atoms with van der Waals surface area (Å²) in [6, 6.07) is 33.8. The van der Waals surface area contributed by atoms with E-state index in [-0.39, 0.29) is 0 Å². The van der Waals surface area contributed by atoms with Crippen LogP contribution < -0.4 is 42.6 Å². The zero-order valence-corrected chi connectivity index (χ0v) is 37.8. The molecule has 0 saturated carbocycles. The second-order valence-electron chi connectivity index (χ2n) is 13.4. The molecule has 5 aromatic carbocycles. The Morgan fingerprint density at radius 1 is 0.375 bits per heavy atom. The first-order valence-corrected chi connectivity index (χ1v) is 23.0. The SMILES string of the molecule is CC.CC.CC.CC.CC.CC.CC.c1cc2c3c(c1)B1c4cc5c(cc4Cc4cccc(c41)N3CCC2)Cc1cccc2c1B5c1cccc3c1N2CCC3. The van der Waals surface area contributed by atoms with Crippen LogP contribution in [0.1, 0.15) is 143 Å². The molecule has 2 nitrogen and oxygen atoms in total. The van der Waals surface area contributed by atoms with Crippen LogP contribution in [0.4, 0.5) is 22.7 Å². The highest BCUT2D eigenvalue weighted by Crippen LogP contribution is 2.39. The number of para-hydroxylation sites is 2. The molecule has 6 aliphatic rings. The van der Waals surface area contributed by atoms with Gasteiger partial charge in [-0.25, -0.2) is 0 Å². The van der Waals surface area contributed by atoms with Gasteiger partial charge in [0.25, 0.3) is 0 Å². The minimum atomic E-state index is 0.316. The highest BCUT2D eigenvalue weighted by atomic mass is 15.2. The summed E-state index contributed by atoms with van der Waals surface area (Å²) < 4.78 is 0. The standard InChI is InChI=1S/C38H30B2N2.7C2H6/c1-7-23-11-5-17-41-33-15-3-9-25-19-27-21-28-20-26-10-4-16-34-36(26)40(30-14-2-8-24-12-6-18-42(34)38(24)30)32(28)22-31(27)39(35(25)33)29(13-1)37(23)41;7*1-2/h1-4,7-10,13-16,21-22H,5-6,11-12,17-20H2;7*1-2H3. The highest BCUT2D eigenvalue weighted by Gasteiger charge is 2.45. The molecule has 6 heterocycles. The number of aryl methyl sites for hydroxylation is 2. The van der Waals surface area contributed by atoms with Gasteiger partial charge in [0, 0.05) is 35.8 Å². The first-order valence-electron chi connectivity index (χ1n) is 23.0. The molecule has 0 atom stereocenters. The minimum absolute atomic E-state index is 0.316. The first kappa shape index (κ1) is 44.5.